The third kappa shape index (κ3) is 5.35. The van der Waals surface area contributed by atoms with Crippen molar-refractivity contribution in [2.24, 2.45) is 0 Å². The lowest BCUT2D eigenvalue weighted by Crippen LogP contribution is -2.45. The van der Waals surface area contributed by atoms with Crippen molar-refractivity contribution < 1.29 is 9.66 Å². The van der Waals surface area contributed by atoms with Crippen LogP contribution < -0.4 is 4.72 Å². The van der Waals surface area contributed by atoms with Crippen molar-refractivity contribution in [2.45, 2.75) is 44.4 Å². The first-order valence-electron chi connectivity index (χ1n) is 6.12. The molecule has 18 heavy (non-hydrogen) atoms. The summed E-state index contributed by atoms with van der Waals surface area (Å²) in [5, 5.41) is 9.07. The summed E-state index contributed by atoms with van der Waals surface area (Å²) in [6.07, 6.45) is 2.98. The smallest absolute Gasteiger partial charge is 0.136 e. The predicted octanol–water partition coefficient (Wildman–Crippen LogP) is 1.43. The van der Waals surface area contributed by atoms with Crippen LogP contribution in [0.1, 0.15) is 32.9 Å². The average Bonchev–Trinajstić information content (AvgIpc) is 2.29. The number of hydrogen-bond acceptors (Lipinski definition) is 4. The van der Waals surface area contributed by atoms with E-state index in [-0.39, 0.29) is 17.4 Å². The summed E-state index contributed by atoms with van der Waals surface area (Å²) in [6, 6.07) is 5.71. The van der Waals surface area contributed by atoms with Crippen LogP contribution in [0.4, 0.5) is 0 Å². The molecule has 0 aliphatic heterocycles. The van der Waals surface area contributed by atoms with Crippen molar-refractivity contribution in [3.8, 4) is 0 Å². The van der Waals surface area contributed by atoms with E-state index < -0.39 is 11.4 Å². The van der Waals surface area contributed by atoms with E-state index in [0.29, 0.717) is 12.8 Å². The largest absolute Gasteiger partial charge is 0.598 e. The van der Waals surface area contributed by atoms with E-state index in [1.807, 2.05) is 39.0 Å². The van der Waals surface area contributed by atoms with Crippen LogP contribution in [0.25, 0.3) is 0 Å². The van der Waals surface area contributed by atoms with Crippen LogP contribution in [0.15, 0.2) is 24.4 Å². The highest BCUT2D eigenvalue weighted by Crippen LogP contribution is 2.15. The van der Waals surface area contributed by atoms with Gasteiger partial charge in [0.1, 0.15) is 4.75 Å². The third-order valence-corrected chi connectivity index (χ3v) is 4.15. The van der Waals surface area contributed by atoms with Crippen LogP contribution >= 0.6 is 0 Å². The minimum atomic E-state index is -1.13. The number of aliphatic hydroxyl groups excluding tert-OH is 1. The molecule has 0 amide bonds. The molecule has 1 rings (SSSR count). The van der Waals surface area contributed by atoms with Crippen molar-refractivity contribution >= 4 is 11.4 Å². The molecule has 0 aromatic carbocycles. The Morgan fingerprint density at radius 2 is 2.17 bits per heavy atom. The summed E-state index contributed by atoms with van der Waals surface area (Å²) in [5.41, 5.74) is 0.939. The van der Waals surface area contributed by atoms with Crippen molar-refractivity contribution in [1.82, 2.24) is 9.71 Å². The van der Waals surface area contributed by atoms with Crippen molar-refractivity contribution in [3.05, 3.63) is 30.1 Å². The first-order chi connectivity index (χ1) is 8.43. The van der Waals surface area contributed by atoms with Crippen molar-refractivity contribution in [1.29, 1.82) is 0 Å². The highest BCUT2D eigenvalue weighted by atomic mass is 32.2. The van der Waals surface area contributed by atoms with E-state index in [2.05, 4.69) is 9.71 Å². The molecule has 0 aliphatic rings. The zero-order valence-corrected chi connectivity index (χ0v) is 12.0. The SMILES string of the molecule is CC(C)(C)[S@@+]([O-])NC(CCO)Cc1ccccn1. The lowest BCUT2D eigenvalue weighted by atomic mass is 10.1. The van der Waals surface area contributed by atoms with Crippen LogP contribution in [0.2, 0.25) is 0 Å². The predicted molar refractivity (Wildman–Crippen MR) is 74.5 cm³/mol. The normalized spacial score (nSPS) is 15.4. The second-order valence-electron chi connectivity index (χ2n) is 5.23. The van der Waals surface area contributed by atoms with E-state index in [1.165, 1.54) is 0 Å². The van der Waals surface area contributed by atoms with Gasteiger partial charge in [0.2, 0.25) is 0 Å². The number of nitrogens with one attached hydrogen (secondary N) is 1. The van der Waals surface area contributed by atoms with Gasteiger partial charge in [-0.15, -0.1) is 4.72 Å². The molecule has 0 spiro atoms. The maximum atomic E-state index is 12.0. The van der Waals surface area contributed by atoms with Crippen LogP contribution in [0.5, 0.6) is 0 Å². The van der Waals surface area contributed by atoms with E-state index >= 15 is 0 Å². The molecule has 2 N–H and O–H groups in total. The third-order valence-electron chi connectivity index (χ3n) is 2.49. The maximum absolute atomic E-state index is 12.0. The first-order valence-corrected chi connectivity index (χ1v) is 7.27. The van der Waals surface area contributed by atoms with Gasteiger partial charge in [0, 0.05) is 36.3 Å². The maximum Gasteiger partial charge on any atom is 0.136 e. The lowest BCUT2D eigenvalue weighted by Gasteiger charge is -2.27. The zero-order valence-electron chi connectivity index (χ0n) is 11.2. The molecule has 0 saturated carbocycles. The fraction of sp³-hybridized carbons (Fsp3) is 0.615. The summed E-state index contributed by atoms with van der Waals surface area (Å²) < 4.78 is 14.8. The molecule has 102 valence electrons. The van der Waals surface area contributed by atoms with E-state index in [1.54, 1.807) is 6.20 Å². The van der Waals surface area contributed by atoms with Gasteiger partial charge < -0.3 is 9.66 Å². The number of nitrogens with zero attached hydrogens (tertiary/aromatic N) is 1. The molecule has 1 aromatic heterocycles. The molecule has 1 unspecified atom stereocenters. The summed E-state index contributed by atoms with van der Waals surface area (Å²) in [7, 11) is 0. The Morgan fingerprint density at radius 1 is 1.44 bits per heavy atom. The average molecular weight is 270 g/mol. The number of aromatic nitrogens is 1. The molecular formula is C13H22N2O2S. The van der Waals surface area contributed by atoms with Gasteiger partial charge in [0.15, 0.2) is 0 Å². The summed E-state index contributed by atoms with van der Waals surface area (Å²) in [4.78, 5) is 4.25. The molecule has 0 radical (unpaired) electrons. The zero-order chi connectivity index (χ0) is 13.6. The molecule has 5 heteroatoms. The van der Waals surface area contributed by atoms with Crippen LogP contribution in [-0.2, 0) is 17.8 Å². The van der Waals surface area contributed by atoms with Crippen LogP contribution in [0.3, 0.4) is 0 Å². The summed E-state index contributed by atoms with van der Waals surface area (Å²) in [5.74, 6) is 0. The molecule has 0 bridgehead atoms. The Hall–Kier alpha value is -0.620. The molecular weight excluding hydrogens is 248 g/mol. The van der Waals surface area contributed by atoms with Crippen LogP contribution in [0, 0.1) is 0 Å². The molecule has 1 aromatic rings. The van der Waals surface area contributed by atoms with Gasteiger partial charge in [0.25, 0.3) is 0 Å². The summed E-state index contributed by atoms with van der Waals surface area (Å²) in [6.45, 7) is 5.85. The Bertz CT molecular complexity index is 341. The van der Waals surface area contributed by atoms with Gasteiger partial charge in [-0.2, -0.15) is 0 Å². The topological polar surface area (TPSA) is 68.2 Å². The summed E-state index contributed by atoms with van der Waals surface area (Å²) >= 11 is -1.13. The fourth-order valence-corrected chi connectivity index (χ4v) is 2.32. The van der Waals surface area contributed by atoms with Gasteiger partial charge in [0.05, 0.1) is 6.04 Å². The van der Waals surface area contributed by atoms with Gasteiger partial charge in [-0.3, -0.25) is 4.98 Å². The van der Waals surface area contributed by atoms with Crippen LogP contribution in [-0.4, -0.2) is 32.0 Å². The Morgan fingerprint density at radius 3 is 2.67 bits per heavy atom. The first kappa shape index (κ1) is 15.4. The molecule has 2 atom stereocenters. The molecule has 0 saturated heterocycles. The molecule has 0 aliphatic carbocycles. The second-order valence-corrected chi connectivity index (χ2v) is 7.23. The molecule has 1 heterocycles. The van der Waals surface area contributed by atoms with Gasteiger partial charge in [-0.05, 0) is 39.3 Å². The quantitative estimate of drug-likeness (QED) is 0.767. The second kappa shape index (κ2) is 7.09. The Balaban J connectivity index is 2.60. The number of pyridine rings is 1. The molecule has 4 nitrogen and oxygen atoms in total. The number of aliphatic hydroxyl groups is 1. The fourth-order valence-electron chi connectivity index (χ4n) is 1.46. The van der Waals surface area contributed by atoms with E-state index in [0.717, 1.165) is 5.69 Å². The minimum Gasteiger partial charge on any atom is -0.598 e. The van der Waals surface area contributed by atoms with Gasteiger partial charge in [-0.1, -0.05) is 6.07 Å². The highest BCUT2D eigenvalue weighted by Gasteiger charge is 2.29. The monoisotopic (exact) mass is 270 g/mol. The van der Waals surface area contributed by atoms with Crippen molar-refractivity contribution in [2.75, 3.05) is 6.61 Å². The number of hydrogen-bond donors (Lipinski definition) is 2. The Kier molecular flexibility index (Phi) is 6.08. The highest BCUT2D eigenvalue weighted by molar-refractivity contribution is 7.90. The van der Waals surface area contributed by atoms with E-state index in [4.69, 9.17) is 5.11 Å². The van der Waals surface area contributed by atoms with Gasteiger partial charge >= 0.3 is 0 Å². The number of rotatable bonds is 6. The van der Waals surface area contributed by atoms with Crippen molar-refractivity contribution in [3.63, 3.8) is 0 Å². The standard InChI is InChI=1S/C13H22N2O2S/c1-13(2,3)18(17)15-12(7-9-16)10-11-6-4-5-8-14-11/h4-6,8,12,15-16H,7,9-10H2,1-3H3/t12?,18-/m1/s1. The molecule has 0 fully saturated rings. The van der Waals surface area contributed by atoms with E-state index in [9.17, 15) is 4.55 Å². The lowest BCUT2D eigenvalue weighted by molar-refractivity contribution is 0.270. The van der Waals surface area contributed by atoms with Gasteiger partial charge in [-0.25, -0.2) is 0 Å². The minimum absolute atomic E-state index is 0.0232. The Labute approximate surface area is 112 Å².